The van der Waals surface area contributed by atoms with Gasteiger partial charge in [-0.05, 0) is 25.9 Å². The molecule has 0 radical (unpaired) electrons. The van der Waals surface area contributed by atoms with Crippen molar-refractivity contribution in [2.24, 2.45) is 5.92 Å². The molecule has 0 spiro atoms. The van der Waals surface area contributed by atoms with Crippen molar-refractivity contribution in [3.63, 3.8) is 0 Å². The zero-order valence-electron chi connectivity index (χ0n) is 12.8. The van der Waals surface area contributed by atoms with Crippen molar-refractivity contribution < 1.29 is 19.0 Å². The maximum absolute atomic E-state index is 11.4. The summed E-state index contributed by atoms with van der Waals surface area (Å²) in [6.07, 6.45) is 1.18. The highest BCUT2D eigenvalue weighted by Crippen LogP contribution is 2.04. The Kier molecular flexibility index (Phi) is 11.7. The van der Waals surface area contributed by atoms with E-state index in [1.807, 2.05) is 6.92 Å². The van der Waals surface area contributed by atoms with Gasteiger partial charge in [0.05, 0.1) is 19.8 Å². The van der Waals surface area contributed by atoms with Crippen LogP contribution in [-0.2, 0) is 14.2 Å². The van der Waals surface area contributed by atoms with E-state index < -0.39 is 6.16 Å². The molecule has 0 saturated carbocycles. The van der Waals surface area contributed by atoms with E-state index in [2.05, 4.69) is 18.7 Å². The molecule has 0 bridgehead atoms. The Labute approximate surface area is 117 Å². The Morgan fingerprint density at radius 2 is 1.79 bits per heavy atom. The second-order valence-corrected chi connectivity index (χ2v) is 4.52. The zero-order valence-corrected chi connectivity index (χ0v) is 12.8. The van der Waals surface area contributed by atoms with Crippen LogP contribution in [0, 0.1) is 5.92 Å². The molecule has 1 atom stereocenters. The van der Waals surface area contributed by atoms with Crippen molar-refractivity contribution >= 4 is 6.16 Å². The second-order valence-electron chi connectivity index (χ2n) is 4.52. The number of hydrogen-bond acceptors (Lipinski definition) is 5. The first-order valence-electron chi connectivity index (χ1n) is 7.18. The standard InChI is InChI=1S/C14H29NO4/c1-5-13(11-17-4)12-19-14(16)18-10-8-9-15(6-2)7-3/h13H,5-12H2,1-4H3. The monoisotopic (exact) mass is 275 g/mol. The summed E-state index contributed by atoms with van der Waals surface area (Å²) in [4.78, 5) is 13.6. The van der Waals surface area contributed by atoms with E-state index in [9.17, 15) is 4.79 Å². The molecular weight excluding hydrogens is 246 g/mol. The molecule has 0 saturated heterocycles. The smallest absolute Gasteiger partial charge is 0.434 e. The van der Waals surface area contributed by atoms with E-state index in [4.69, 9.17) is 14.2 Å². The summed E-state index contributed by atoms with van der Waals surface area (Å²) in [5.74, 6) is 0.244. The lowest BCUT2D eigenvalue weighted by Gasteiger charge is -2.17. The van der Waals surface area contributed by atoms with Crippen molar-refractivity contribution in [3.8, 4) is 0 Å². The van der Waals surface area contributed by atoms with E-state index >= 15 is 0 Å². The van der Waals surface area contributed by atoms with Gasteiger partial charge in [-0.15, -0.1) is 0 Å². The first-order chi connectivity index (χ1) is 9.17. The van der Waals surface area contributed by atoms with Crippen LogP contribution in [0.15, 0.2) is 0 Å². The normalized spacial score (nSPS) is 12.5. The van der Waals surface area contributed by atoms with Gasteiger partial charge in [-0.25, -0.2) is 4.79 Å². The largest absolute Gasteiger partial charge is 0.508 e. The van der Waals surface area contributed by atoms with Crippen LogP contribution in [0.5, 0.6) is 0 Å². The van der Waals surface area contributed by atoms with Gasteiger partial charge in [-0.1, -0.05) is 20.8 Å². The van der Waals surface area contributed by atoms with Crippen molar-refractivity contribution in [2.45, 2.75) is 33.6 Å². The van der Waals surface area contributed by atoms with Crippen LogP contribution in [0.1, 0.15) is 33.6 Å². The van der Waals surface area contributed by atoms with Gasteiger partial charge in [0.1, 0.15) is 0 Å². The third-order valence-electron chi connectivity index (χ3n) is 3.15. The molecule has 0 aliphatic heterocycles. The Morgan fingerprint density at radius 3 is 2.32 bits per heavy atom. The third kappa shape index (κ3) is 9.73. The Morgan fingerprint density at radius 1 is 1.11 bits per heavy atom. The number of methoxy groups -OCH3 is 1. The third-order valence-corrected chi connectivity index (χ3v) is 3.15. The van der Waals surface area contributed by atoms with Crippen LogP contribution in [-0.4, -0.2) is 57.6 Å². The summed E-state index contributed by atoms with van der Waals surface area (Å²) < 4.78 is 15.1. The molecule has 0 heterocycles. The first kappa shape index (κ1) is 18.2. The minimum absolute atomic E-state index is 0.244. The molecule has 0 aromatic rings. The molecule has 5 heteroatoms. The van der Waals surface area contributed by atoms with Crippen LogP contribution >= 0.6 is 0 Å². The van der Waals surface area contributed by atoms with Crippen molar-refractivity contribution in [1.82, 2.24) is 4.90 Å². The highest BCUT2D eigenvalue weighted by molar-refractivity contribution is 5.59. The van der Waals surface area contributed by atoms with E-state index in [0.717, 1.165) is 32.5 Å². The van der Waals surface area contributed by atoms with Crippen LogP contribution < -0.4 is 0 Å². The van der Waals surface area contributed by atoms with E-state index in [-0.39, 0.29) is 5.92 Å². The minimum atomic E-state index is -0.575. The number of nitrogens with zero attached hydrogens (tertiary/aromatic N) is 1. The highest BCUT2D eigenvalue weighted by Gasteiger charge is 2.10. The molecule has 0 aromatic carbocycles. The maximum Gasteiger partial charge on any atom is 0.508 e. The van der Waals surface area contributed by atoms with Crippen LogP contribution in [0.3, 0.4) is 0 Å². The summed E-state index contributed by atoms with van der Waals surface area (Å²) in [5, 5.41) is 0. The fourth-order valence-corrected chi connectivity index (χ4v) is 1.73. The first-order valence-corrected chi connectivity index (χ1v) is 7.18. The summed E-state index contributed by atoms with van der Waals surface area (Å²) >= 11 is 0. The van der Waals surface area contributed by atoms with Gasteiger partial charge in [0, 0.05) is 19.6 Å². The molecule has 0 rings (SSSR count). The molecular formula is C14H29NO4. The SMILES string of the molecule is CCC(COC)COC(=O)OCCCN(CC)CC. The highest BCUT2D eigenvalue weighted by atomic mass is 16.7. The van der Waals surface area contributed by atoms with Gasteiger partial charge in [-0.2, -0.15) is 0 Å². The predicted octanol–water partition coefficient (Wildman–Crippen LogP) is 2.54. The molecule has 1 unspecified atom stereocenters. The number of carbonyl (C=O) groups is 1. The molecule has 0 amide bonds. The fourth-order valence-electron chi connectivity index (χ4n) is 1.73. The molecule has 5 nitrogen and oxygen atoms in total. The maximum atomic E-state index is 11.4. The fraction of sp³-hybridized carbons (Fsp3) is 0.929. The molecule has 0 aliphatic rings. The van der Waals surface area contributed by atoms with Crippen molar-refractivity contribution in [1.29, 1.82) is 0 Å². The molecule has 0 aromatic heterocycles. The van der Waals surface area contributed by atoms with Gasteiger partial charge in [0.15, 0.2) is 0 Å². The number of rotatable bonds is 11. The number of hydrogen-bond donors (Lipinski definition) is 0. The van der Waals surface area contributed by atoms with Crippen molar-refractivity contribution in [2.75, 3.05) is 46.6 Å². The van der Waals surface area contributed by atoms with E-state index in [1.165, 1.54) is 0 Å². The van der Waals surface area contributed by atoms with Gasteiger partial charge >= 0.3 is 6.16 Å². The van der Waals surface area contributed by atoms with Crippen molar-refractivity contribution in [3.05, 3.63) is 0 Å². The molecule has 0 fully saturated rings. The lowest BCUT2D eigenvalue weighted by atomic mass is 10.1. The zero-order chi connectivity index (χ0) is 14.5. The average molecular weight is 275 g/mol. The Hall–Kier alpha value is -0.810. The molecule has 19 heavy (non-hydrogen) atoms. The Balaban J connectivity index is 3.58. The lowest BCUT2D eigenvalue weighted by molar-refractivity contribution is 0.0287. The minimum Gasteiger partial charge on any atom is -0.434 e. The second kappa shape index (κ2) is 12.2. The van der Waals surface area contributed by atoms with E-state index in [0.29, 0.717) is 19.8 Å². The summed E-state index contributed by atoms with van der Waals surface area (Å²) in [6, 6.07) is 0. The summed E-state index contributed by atoms with van der Waals surface area (Å²) in [7, 11) is 1.65. The number of ether oxygens (including phenoxy) is 3. The molecule has 114 valence electrons. The van der Waals surface area contributed by atoms with Gasteiger partial charge < -0.3 is 19.1 Å². The van der Waals surface area contributed by atoms with Gasteiger partial charge in [-0.3, -0.25) is 0 Å². The van der Waals surface area contributed by atoms with Gasteiger partial charge in [0.25, 0.3) is 0 Å². The Bertz CT molecular complexity index is 219. The average Bonchev–Trinajstić information content (AvgIpc) is 2.43. The molecule has 0 aliphatic carbocycles. The lowest BCUT2D eigenvalue weighted by Crippen LogP contribution is -2.25. The quantitative estimate of drug-likeness (QED) is 0.428. The number of carbonyl (C=O) groups excluding carboxylic acids is 1. The topological polar surface area (TPSA) is 48.0 Å². The van der Waals surface area contributed by atoms with E-state index in [1.54, 1.807) is 7.11 Å². The molecule has 0 N–H and O–H groups in total. The van der Waals surface area contributed by atoms with Gasteiger partial charge in [0.2, 0.25) is 0 Å². The van der Waals surface area contributed by atoms with Crippen LogP contribution in [0.2, 0.25) is 0 Å². The predicted molar refractivity (Wildman–Crippen MR) is 75.4 cm³/mol. The van der Waals surface area contributed by atoms with Crippen LogP contribution in [0.4, 0.5) is 4.79 Å². The summed E-state index contributed by atoms with van der Waals surface area (Å²) in [5.41, 5.74) is 0. The van der Waals surface area contributed by atoms with Crippen LogP contribution in [0.25, 0.3) is 0 Å². The summed E-state index contributed by atoms with van der Waals surface area (Å²) in [6.45, 7) is 10.7.